The molecule has 0 heterocycles. The molecular weight excluding hydrogens is 560 g/mol. The van der Waals surface area contributed by atoms with Crippen molar-refractivity contribution >= 4 is 48.0 Å². The van der Waals surface area contributed by atoms with Crippen LogP contribution < -0.4 is 4.90 Å². The highest BCUT2D eigenvalue weighted by atomic mass is 32.2. The van der Waals surface area contributed by atoms with Crippen molar-refractivity contribution in [2.75, 3.05) is 31.1 Å². The number of allylic oxidation sites excluding steroid dienone is 5. The summed E-state index contributed by atoms with van der Waals surface area (Å²) in [5, 5.41) is 0.794. The van der Waals surface area contributed by atoms with Gasteiger partial charge in [-0.3, -0.25) is 9.11 Å². The molecule has 1 aliphatic carbocycles. The zero-order valence-electron chi connectivity index (χ0n) is 23.6. The standard InChI is InChI=1S/C31H34N2O6S2/c1-5-32(6-2)25-14-9-22(10-15-25)31(23-11-16-26(17-12-23)33(7-3)8-4)30-21-28(41(37,38)39)19-24-13-18-27(20-29(24)30)40(34,35)36/h9-21H,5-8H2,1-4H3,(H-,34,35,36,37,38,39)/p+1. The Balaban J connectivity index is 2.09. The SMILES string of the molecule is CCN(CC)c1ccc(C(=C2C=CC(=[N+](CC)CC)C=C2)c2cc(S(=O)(=O)O)cc3ccc(S(=O)(=O)O)cc23)cc1. The first kappa shape index (κ1) is 30.4. The van der Waals surface area contributed by atoms with Crippen LogP contribution in [0.4, 0.5) is 5.69 Å². The van der Waals surface area contributed by atoms with E-state index < -0.39 is 20.2 Å². The van der Waals surface area contributed by atoms with Gasteiger partial charge in [0, 0.05) is 30.9 Å². The van der Waals surface area contributed by atoms with Gasteiger partial charge in [0.05, 0.1) is 9.79 Å². The topological polar surface area (TPSA) is 115 Å². The van der Waals surface area contributed by atoms with Crippen molar-refractivity contribution in [1.29, 1.82) is 0 Å². The molecule has 0 fully saturated rings. The van der Waals surface area contributed by atoms with Gasteiger partial charge in [-0.1, -0.05) is 18.2 Å². The summed E-state index contributed by atoms with van der Waals surface area (Å²) in [5.41, 5.74) is 4.63. The van der Waals surface area contributed by atoms with Gasteiger partial charge in [-0.05, 0) is 109 Å². The molecular formula is C31H35N2O6S2+. The van der Waals surface area contributed by atoms with Gasteiger partial charge < -0.3 is 4.90 Å². The normalized spacial score (nSPS) is 13.6. The van der Waals surface area contributed by atoms with Crippen molar-refractivity contribution in [3.05, 3.63) is 95.6 Å². The van der Waals surface area contributed by atoms with Gasteiger partial charge >= 0.3 is 0 Å². The molecule has 0 aromatic heterocycles. The summed E-state index contributed by atoms with van der Waals surface area (Å²) in [6.07, 6.45) is 7.87. The van der Waals surface area contributed by atoms with Gasteiger partial charge in [-0.2, -0.15) is 16.8 Å². The fourth-order valence-corrected chi connectivity index (χ4v) is 6.21. The number of fused-ring (bicyclic) bond motifs is 1. The molecule has 0 bridgehead atoms. The van der Waals surface area contributed by atoms with Gasteiger partial charge in [-0.15, -0.1) is 0 Å². The third-order valence-electron chi connectivity index (χ3n) is 7.33. The van der Waals surface area contributed by atoms with Crippen LogP contribution in [0.2, 0.25) is 0 Å². The van der Waals surface area contributed by atoms with Crippen LogP contribution in [0.3, 0.4) is 0 Å². The largest absolute Gasteiger partial charge is 0.372 e. The number of hydrogen-bond donors (Lipinski definition) is 2. The Bertz CT molecular complexity index is 1790. The molecule has 41 heavy (non-hydrogen) atoms. The molecule has 0 amide bonds. The van der Waals surface area contributed by atoms with Crippen molar-refractivity contribution in [2.45, 2.75) is 37.5 Å². The van der Waals surface area contributed by atoms with E-state index in [1.807, 2.05) is 48.6 Å². The summed E-state index contributed by atoms with van der Waals surface area (Å²) < 4.78 is 70.7. The Hall–Kier alpha value is -3.57. The second kappa shape index (κ2) is 12.1. The minimum Gasteiger partial charge on any atom is -0.372 e. The predicted molar refractivity (Wildman–Crippen MR) is 164 cm³/mol. The average molecular weight is 596 g/mol. The zero-order chi connectivity index (χ0) is 29.9. The van der Waals surface area contributed by atoms with E-state index in [4.69, 9.17) is 0 Å². The zero-order valence-corrected chi connectivity index (χ0v) is 25.2. The van der Waals surface area contributed by atoms with E-state index in [0.29, 0.717) is 21.9 Å². The fourth-order valence-electron chi connectivity index (χ4n) is 5.16. The van der Waals surface area contributed by atoms with Gasteiger partial charge in [0.25, 0.3) is 20.2 Å². The van der Waals surface area contributed by atoms with Gasteiger partial charge in [0.1, 0.15) is 13.1 Å². The molecule has 0 spiro atoms. The van der Waals surface area contributed by atoms with Crippen molar-refractivity contribution in [2.24, 2.45) is 0 Å². The van der Waals surface area contributed by atoms with Crippen LogP contribution in [0.1, 0.15) is 38.8 Å². The number of benzene rings is 3. The first-order valence-corrected chi connectivity index (χ1v) is 16.4. The molecule has 10 heteroatoms. The summed E-state index contributed by atoms with van der Waals surface area (Å²) in [5.74, 6) is 0. The smallest absolute Gasteiger partial charge is 0.294 e. The lowest BCUT2D eigenvalue weighted by Gasteiger charge is -2.22. The van der Waals surface area contributed by atoms with E-state index in [1.54, 1.807) is 0 Å². The number of rotatable bonds is 9. The van der Waals surface area contributed by atoms with Gasteiger partial charge in [-0.25, -0.2) is 4.58 Å². The van der Waals surface area contributed by atoms with E-state index in [-0.39, 0.29) is 9.79 Å². The molecule has 1 aliphatic rings. The quantitative estimate of drug-likeness (QED) is 0.244. The summed E-state index contributed by atoms with van der Waals surface area (Å²) in [4.78, 5) is 1.56. The van der Waals surface area contributed by atoms with E-state index in [2.05, 4.69) is 37.2 Å². The highest BCUT2D eigenvalue weighted by molar-refractivity contribution is 7.86. The van der Waals surface area contributed by atoms with Crippen molar-refractivity contribution in [3.8, 4) is 0 Å². The monoisotopic (exact) mass is 595 g/mol. The van der Waals surface area contributed by atoms with Crippen LogP contribution in [-0.4, -0.2) is 62.4 Å². The number of anilines is 1. The summed E-state index contributed by atoms with van der Waals surface area (Å²) in [6, 6.07) is 14.4. The molecule has 3 aromatic carbocycles. The van der Waals surface area contributed by atoms with E-state index in [9.17, 15) is 25.9 Å². The third-order valence-corrected chi connectivity index (χ3v) is 9.01. The van der Waals surface area contributed by atoms with E-state index in [1.165, 1.54) is 30.3 Å². The average Bonchev–Trinajstić information content (AvgIpc) is 2.94. The first-order valence-electron chi connectivity index (χ1n) is 13.5. The maximum absolute atomic E-state index is 12.3. The van der Waals surface area contributed by atoms with Crippen LogP contribution in [0, 0.1) is 0 Å². The Labute approximate surface area is 242 Å². The van der Waals surface area contributed by atoms with Crippen LogP contribution in [-0.2, 0) is 20.2 Å². The highest BCUT2D eigenvalue weighted by Crippen LogP contribution is 2.37. The predicted octanol–water partition coefficient (Wildman–Crippen LogP) is 5.60. The second-order valence-electron chi connectivity index (χ2n) is 9.62. The summed E-state index contributed by atoms with van der Waals surface area (Å²) in [6.45, 7) is 11.6. The summed E-state index contributed by atoms with van der Waals surface area (Å²) >= 11 is 0. The van der Waals surface area contributed by atoms with Crippen molar-refractivity contribution < 1.29 is 30.5 Å². The first-order chi connectivity index (χ1) is 19.4. The molecule has 2 N–H and O–H groups in total. The lowest BCUT2D eigenvalue weighted by atomic mass is 9.88. The van der Waals surface area contributed by atoms with E-state index >= 15 is 0 Å². The maximum Gasteiger partial charge on any atom is 0.294 e. The Morgan fingerprint density at radius 3 is 1.83 bits per heavy atom. The van der Waals surface area contributed by atoms with Crippen LogP contribution in [0.15, 0.2) is 94.3 Å². The highest BCUT2D eigenvalue weighted by Gasteiger charge is 2.22. The van der Waals surface area contributed by atoms with Crippen molar-refractivity contribution in [3.63, 3.8) is 0 Å². The van der Waals surface area contributed by atoms with Crippen molar-refractivity contribution in [1.82, 2.24) is 0 Å². The maximum atomic E-state index is 12.3. The molecule has 4 rings (SSSR count). The molecule has 0 saturated heterocycles. The minimum atomic E-state index is -4.60. The molecule has 3 aromatic rings. The van der Waals surface area contributed by atoms with Gasteiger partial charge in [0.2, 0.25) is 0 Å². The lowest BCUT2D eigenvalue weighted by Crippen LogP contribution is -2.21. The molecule has 0 atom stereocenters. The van der Waals surface area contributed by atoms with Crippen LogP contribution in [0.5, 0.6) is 0 Å². The van der Waals surface area contributed by atoms with Gasteiger partial charge in [0.15, 0.2) is 5.71 Å². The van der Waals surface area contributed by atoms with E-state index in [0.717, 1.165) is 48.7 Å². The number of hydrogen-bond acceptors (Lipinski definition) is 5. The Morgan fingerprint density at radius 1 is 0.732 bits per heavy atom. The lowest BCUT2D eigenvalue weighted by molar-refractivity contribution is -0.519. The van der Waals surface area contributed by atoms with Crippen LogP contribution >= 0.6 is 0 Å². The minimum absolute atomic E-state index is 0.320. The molecule has 216 valence electrons. The summed E-state index contributed by atoms with van der Waals surface area (Å²) in [7, 11) is -9.13. The number of nitrogens with zero attached hydrogens (tertiary/aromatic N) is 2. The Kier molecular flexibility index (Phi) is 8.98. The molecule has 8 nitrogen and oxygen atoms in total. The molecule has 0 radical (unpaired) electrons. The second-order valence-corrected chi connectivity index (χ2v) is 12.5. The van der Waals surface area contributed by atoms with Crippen LogP contribution in [0.25, 0.3) is 16.3 Å². The molecule has 0 saturated carbocycles. The molecule has 0 aliphatic heterocycles. The third kappa shape index (κ3) is 6.51. The molecule has 0 unspecified atom stereocenters. The fraction of sp³-hybridized carbons (Fsp3) is 0.258. The Morgan fingerprint density at radius 2 is 1.32 bits per heavy atom.